The lowest BCUT2D eigenvalue weighted by atomic mass is 10.2. The van der Waals surface area contributed by atoms with Gasteiger partial charge in [-0.25, -0.2) is 4.99 Å². The van der Waals surface area contributed by atoms with Crippen molar-refractivity contribution in [1.29, 1.82) is 0 Å². The number of nitrogens with zero attached hydrogens (tertiary/aromatic N) is 3. The number of carbonyl (C=O) groups is 2. The third-order valence-corrected chi connectivity index (χ3v) is 3.35. The Kier molecular flexibility index (Phi) is 7.48. The molecule has 1 fully saturated rings. The van der Waals surface area contributed by atoms with E-state index in [2.05, 4.69) is 28.5 Å². The van der Waals surface area contributed by atoms with Crippen molar-refractivity contribution < 1.29 is 14.3 Å². The number of rotatable bonds is 7. The predicted molar refractivity (Wildman–Crippen MR) is 85.5 cm³/mol. The summed E-state index contributed by atoms with van der Waals surface area (Å²) in [6.07, 6.45) is 3.11. The zero-order valence-electron chi connectivity index (χ0n) is 13.2. The van der Waals surface area contributed by atoms with E-state index in [1.165, 1.54) is 13.0 Å². The van der Waals surface area contributed by atoms with E-state index in [4.69, 9.17) is 4.74 Å². The number of ether oxygens (including phenoxy) is 1. The van der Waals surface area contributed by atoms with Gasteiger partial charge in [0.2, 0.25) is 5.91 Å². The number of aliphatic imine (C=N–C) groups is 1. The molecule has 22 heavy (non-hydrogen) atoms. The van der Waals surface area contributed by atoms with Gasteiger partial charge in [0.1, 0.15) is 12.4 Å². The first-order valence-electron chi connectivity index (χ1n) is 7.11. The van der Waals surface area contributed by atoms with E-state index >= 15 is 0 Å². The van der Waals surface area contributed by atoms with E-state index < -0.39 is 0 Å². The third kappa shape index (κ3) is 6.19. The second-order valence-electron chi connectivity index (χ2n) is 5.18. The summed E-state index contributed by atoms with van der Waals surface area (Å²) < 4.78 is 5.09. The predicted octanol–water partition coefficient (Wildman–Crippen LogP) is 0.00970. The molecule has 0 aromatic carbocycles. The van der Waals surface area contributed by atoms with Crippen molar-refractivity contribution in [2.24, 2.45) is 4.99 Å². The molecule has 1 aliphatic heterocycles. The maximum Gasteiger partial charge on any atom is 0.302 e. The molecule has 1 aliphatic rings. The molecular weight excluding hydrogens is 284 g/mol. The van der Waals surface area contributed by atoms with Gasteiger partial charge in [-0.15, -0.1) is 0 Å². The number of nitrogens with one attached hydrogen (secondary N) is 1. The highest BCUT2D eigenvalue weighted by Gasteiger charge is 2.27. The Morgan fingerprint density at radius 3 is 2.77 bits per heavy atom. The van der Waals surface area contributed by atoms with Gasteiger partial charge in [-0.1, -0.05) is 12.7 Å². The largest absolute Gasteiger partial charge is 0.464 e. The number of piperazine rings is 1. The molecule has 0 saturated carbocycles. The first-order chi connectivity index (χ1) is 10.5. The fraction of sp³-hybridized carbons (Fsp3) is 0.533. The van der Waals surface area contributed by atoms with Crippen LogP contribution in [0.5, 0.6) is 0 Å². The van der Waals surface area contributed by atoms with Crippen LogP contribution in [0.25, 0.3) is 0 Å². The quantitative estimate of drug-likeness (QED) is 0.407. The van der Waals surface area contributed by atoms with Crippen molar-refractivity contribution in [3.05, 3.63) is 24.6 Å². The molecule has 0 aromatic rings. The average molecular weight is 308 g/mol. The van der Waals surface area contributed by atoms with Crippen LogP contribution in [0.2, 0.25) is 0 Å². The van der Waals surface area contributed by atoms with Crippen LogP contribution in [-0.2, 0) is 14.3 Å². The molecule has 0 radical (unpaired) electrons. The fourth-order valence-electron chi connectivity index (χ4n) is 2.24. The SMILES string of the molecule is C=C/C=C(\N=C)NC(=O)CN1CCN(C)CC1COC(C)=O. The van der Waals surface area contributed by atoms with Gasteiger partial charge in [0.05, 0.1) is 12.6 Å². The van der Waals surface area contributed by atoms with E-state index in [0.717, 1.165) is 19.6 Å². The zero-order chi connectivity index (χ0) is 16.5. The van der Waals surface area contributed by atoms with Crippen LogP contribution in [0.15, 0.2) is 29.5 Å². The molecule has 122 valence electrons. The second kappa shape index (κ2) is 9.11. The summed E-state index contributed by atoms with van der Waals surface area (Å²) in [5.74, 6) is -0.131. The molecule has 1 saturated heterocycles. The summed E-state index contributed by atoms with van der Waals surface area (Å²) in [6.45, 7) is 11.2. The molecule has 1 heterocycles. The van der Waals surface area contributed by atoms with Crippen molar-refractivity contribution in [2.45, 2.75) is 13.0 Å². The number of allylic oxidation sites excluding steroid dienone is 2. The molecule has 0 aliphatic carbocycles. The van der Waals surface area contributed by atoms with E-state index in [1.807, 2.05) is 11.9 Å². The minimum absolute atomic E-state index is 0.00285. The van der Waals surface area contributed by atoms with E-state index in [-0.39, 0.29) is 31.1 Å². The summed E-state index contributed by atoms with van der Waals surface area (Å²) in [5.41, 5.74) is 0. The topological polar surface area (TPSA) is 74.2 Å². The Morgan fingerprint density at radius 1 is 1.45 bits per heavy atom. The number of esters is 1. The highest BCUT2D eigenvalue weighted by atomic mass is 16.5. The lowest BCUT2D eigenvalue weighted by molar-refractivity contribution is -0.143. The Morgan fingerprint density at radius 2 is 2.18 bits per heavy atom. The Balaban J connectivity index is 2.60. The third-order valence-electron chi connectivity index (χ3n) is 3.35. The van der Waals surface area contributed by atoms with Gasteiger partial charge in [0, 0.05) is 26.6 Å². The van der Waals surface area contributed by atoms with E-state index in [9.17, 15) is 9.59 Å². The number of hydrogen-bond acceptors (Lipinski definition) is 6. The van der Waals surface area contributed by atoms with Crippen molar-refractivity contribution in [1.82, 2.24) is 15.1 Å². The van der Waals surface area contributed by atoms with Crippen LogP contribution in [0.4, 0.5) is 0 Å². The first-order valence-corrected chi connectivity index (χ1v) is 7.11. The summed E-state index contributed by atoms with van der Waals surface area (Å²) >= 11 is 0. The number of carbonyl (C=O) groups excluding carboxylic acids is 2. The maximum atomic E-state index is 12.1. The zero-order valence-corrected chi connectivity index (χ0v) is 13.2. The van der Waals surface area contributed by atoms with E-state index in [1.54, 1.807) is 6.08 Å². The van der Waals surface area contributed by atoms with Crippen LogP contribution >= 0.6 is 0 Å². The normalized spacial score (nSPS) is 20.3. The van der Waals surface area contributed by atoms with Crippen LogP contribution in [0, 0.1) is 0 Å². The standard InChI is InChI=1S/C15H24N4O3/c1-5-6-14(16-3)17-15(21)10-19-8-7-18(4)9-13(19)11-22-12(2)20/h5-6,13H,1,3,7-11H2,2,4H3,(H,17,21)/b14-6+. The number of amides is 1. The molecule has 7 nitrogen and oxygen atoms in total. The maximum absolute atomic E-state index is 12.1. The molecule has 1 unspecified atom stereocenters. The lowest BCUT2D eigenvalue weighted by Crippen LogP contribution is -2.56. The minimum atomic E-state index is -0.315. The van der Waals surface area contributed by atoms with Gasteiger partial charge in [0.15, 0.2) is 0 Å². The Labute approximate surface area is 131 Å². The molecule has 1 N–H and O–H groups in total. The molecule has 0 bridgehead atoms. The molecule has 0 spiro atoms. The minimum Gasteiger partial charge on any atom is -0.464 e. The molecular formula is C15H24N4O3. The van der Waals surface area contributed by atoms with Crippen LogP contribution in [-0.4, -0.2) is 74.3 Å². The van der Waals surface area contributed by atoms with Gasteiger partial charge >= 0.3 is 5.97 Å². The van der Waals surface area contributed by atoms with Gasteiger partial charge in [-0.2, -0.15) is 0 Å². The molecule has 7 heteroatoms. The van der Waals surface area contributed by atoms with Crippen molar-refractivity contribution in [3.63, 3.8) is 0 Å². The summed E-state index contributed by atoms with van der Waals surface area (Å²) in [4.78, 5) is 30.9. The average Bonchev–Trinajstić information content (AvgIpc) is 2.46. The van der Waals surface area contributed by atoms with Gasteiger partial charge in [-0.3, -0.25) is 14.5 Å². The molecule has 1 atom stereocenters. The summed E-state index contributed by atoms with van der Waals surface area (Å²) in [6, 6.07) is -0.00285. The molecule has 1 amide bonds. The van der Waals surface area contributed by atoms with Crippen LogP contribution in [0.3, 0.4) is 0 Å². The Hall–Kier alpha value is -1.99. The monoisotopic (exact) mass is 308 g/mol. The number of hydrogen-bond donors (Lipinski definition) is 1. The molecule has 0 aromatic heterocycles. The second-order valence-corrected chi connectivity index (χ2v) is 5.18. The summed E-state index contributed by atoms with van der Waals surface area (Å²) in [5, 5.41) is 2.67. The van der Waals surface area contributed by atoms with Crippen molar-refractivity contribution >= 4 is 18.6 Å². The summed E-state index contributed by atoms with van der Waals surface area (Å²) in [7, 11) is 2.00. The van der Waals surface area contributed by atoms with Crippen molar-refractivity contribution in [3.8, 4) is 0 Å². The first kappa shape index (κ1) is 18.1. The highest BCUT2D eigenvalue weighted by molar-refractivity contribution is 5.80. The van der Waals surface area contributed by atoms with Gasteiger partial charge in [-0.05, 0) is 19.8 Å². The molecule has 1 rings (SSSR count). The lowest BCUT2D eigenvalue weighted by Gasteiger charge is -2.39. The van der Waals surface area contributed by atoms with Crippen molar-refractivity contribution in [2.75, 3.05) is 39.8 Å². The number of likely N-dealkylation sites (N-methyl/N-ethyl adjacent to an activating group) is 1. The van der Waals surface area contributed by atoms with Crippen LogP contribution < -0.4 is 5.32 Å². The fourth-order valence-corrected chi connectivity index (χ4v) is 2.24. The van der Waals surface area contributed by atoms with E-state index in [0.29, 0.717) is 5.82 Å². The van der Waals surface area contributed by atoms with Gasteiger partial charge in [0.25, 0.3) is 0 Å². The smallest absolute Gasteiger partial charge is 0.302 e. The van der Waals surface area contributed by atoms with Gasteiger partial charge < -0.3 is 15.0 Å². The Bertz CT molecular complexity index is 462. The van der Waals surface area contributed by atoms with Crippen LogP contribution in [0.1, 0.15) is 6.92 Å². The highest BCUT2D eigenvalue weighted by Crippen LogP contribution is 2.09.